The first-order valence-electron chi connectivity index (χ1n) is 19.2. The van der Waals surface area contributed by atoms with Crippen LogP contribution < -0.4 is 10.4 Å². The van der Waals surface area contributed by atoms with Crippen molar-refractivity contribution < 1.29 is 9.22 Å². The van der Waals surface area contributed by atoms with E-state index in [4.69, 9.17) is 4.43 Å². The van der Waals surface area contributed by atoms with Crippen LogP contribution in [0.5, 0.6) is 0 Å². The molecule has 0 saturated heterocycles. The number of ketones is 1. The van der Waals surface area contributed by atoms with Crippen LogP contribution in [0.1, 0.15) is 133 Å². The molecule has 5 atom stereocenters. The highest BCUT2D eigenvalue weighted by Gasteiger charge is 2.61. The number of allylic oxidation sites excluding steroid dienone is 3. The van der Waals surface area contributed by atoms with Gasteiger partial charge in [0.2, 0.25) is 0 Å². The molecule has 48 heavy (non-hydrogen) atoms. The SMILES string of the molecule is C/C(=C\CO[Si](c1ccccc1)(c1ccccc1)C(C)(C)C)CC/C=C(\C)CC[C@@H]1C(=O)CCC2[C@@]3(C)CCCC(C)(C)C3CC[C@]21C. The van der Waals surface area contributed by atoms with Gasteiger partial charge in [0, 0.05) is 12.3 Å². The minimum atomic E-state index is -2.52. The molecule has 3 aliphatic carbocycles. The van der Waals surface area contributed by atoms with Gasteiger partial charge in [0.15, 0.2) is 0 Å². The van der Waals surface area contributed by atoms with E-state index < -0.39 is 8.32 Å². The third kappa shape index (κ3) is 7.16. The predicted octanol–water partition coefficient (Wildman–Crippen LogP) is 11.2. The van der Waals surface area contributed by atoms with Crippen LogP contribution in [0, 0.1) is 34.0 Å². The molecule has 2 aromatic rings. The van der Waals surface area contributed by atoms with Crippen molar-refractivity contribution in [2.24, 2.45) is 34.0 Å². The molecule has 0 aliphatic heterocycles. The van der Waals surface area contributed by atoms with Gasteiger partial charge in [-0.25, -0.2) is 0 Å². The first-order valence-corrected chi connectivity index (χ1v) is 21.1. The maximum Gasteiger partial charge on any atom is 0.261 e. The van der Waals surface area contributed by atoms with Crippen LogP contribution in [0.2, 0.25) is 5.04 Å². The Kier molecular flexibility index (Phi) is 11.2. The zero-order valence-corrected chi connectivity index (χ0v) is 33.0. The molecule has 3 aliphatic rings. The second kappa shape index (κ2) is 14.6. The molecule has 2 unspecified atom stereocenters. The summed E-state index contributed by atoms with van der Waals surface area (Å²) in [5.74, 6) is 2.27. The molecule has 3 saturated carbocycles. The lowest BCUT2D eigenvalue weighted by atomic mass is 9.39. The molecule has 0 heterocycles. The fourth-order valence-electron chi connectivity index (χ4n) is 11.3. The van der Waals surface area contributed by atoms with Crippen LogP contribution >= 0.6 is 0 Å². The molecule has 3 fully saturated rings. The topological polar surface area (TPSA) is 26.3 Å². The highest BCUT2D eigenvalue weighted by Crippen LogP contribution is 2.68. The molecule has 3 heteroatoms. The zero-order chi connectivity index (χ0) is 34.8. The van der Waals surface area contributed by atoms with Crippen molar-refractivity contribution in [1.29, 1.82) is 0 Å². The van der Waals surface area contributed by atoms with E-state index in [1.807, 2.05) is 0 Å². The summed E-state index contributed by atoms with van der Waals surface area (Å²) in [5.41, 5.74) is 3.83. The Bertz CT molecular complexity index is 1410. The number of hydrogen-bond acceptors (Lipinski definition) is 2. The van der Waals surface area contributed by atoms with Gasteiger partial charge in [0.1, 0.15) is 5.78 Å². The van der Waals surface area contributed by atoms with E-state index in [9.17, 15) is 4.79 Å². The standard InChI is InChI=1S/C45H66O2Si/c1-34(24-25-38-39(46)26-27-41-44(38,8)32-28-40-43(6,7)30-17-31-45(40,41)9)18-16-19-35(2)29-33-47-48(42(3,4)5,36-20-12-10-13-21-36)37-22-14-11-15-23-37/h10-15,18,20-23,29,38,40-41H,16-17,19,24-28,30-33H2,1-9H3/b34-18+,35-29+/t38-,40?,41?,44+,45+/m1/s1. The fraction of sp³-hybridized carbons (Fsp3) is 0.622. The van der Waals surface area contributed by atoms with Gasteiger partial charge in [-0.3, -0.25) is 4.79 Å². The Balaban J connectivity index is 1.20. The average molecular weight is 667 g/mol. The number of carbonyl (C=O) groups is 1. The molecule has 0 spiro atoms. The van der Waals surface area contributed by atoms with E-state index in [2.05, 4.69) is 135 Å². The summed E-state index contributed by atoms with van der Waals surface area (Å²) >= 11 is 0. The fourth-order valence-corrected chi connectivity index (χ4v) is 15.8. The Morgan fingerprint density at radius 2 is 1.40 bits per heavy atom. The molecule has 5 rings (SSSR count). The summed E-state index contributed by atoms with van der Waals surface area (Å²) in [4.78, 5) is 13.5. The number of Topliss-reactive ketones (excluding diaryl/α,β-unsaturated/α-hetero) is 1. The minimum absolute atomic E-state index is 0.0157. The first-order chi connectivity index (χ1) is 22.6. The number of hydrogen-bond donors (Lipinski definition) is 0. The van der Waals surface area contributed by atoms with Gasteiger partial charge >= 0.3 is 0 Å². The van der Waals surface area contributed by atoms with Crippen molar-refractivity contribution in [3.63, 3.8) is 0 Å². The first kappa shape index (κ1) is 37.0. The number of rotatable bonds is 11. The predicted molar refractivity (Wildman–Crippen MR) is 207 cm³/mol. The van der Waals surface area contributed by atoms with Gasteiger partial charge in [-0.2, -0.15) is 0 Å². The number of fused-ring (bicyclic) bond motifs is 3. The third-order valence-corrected chi connectivity index (χ3v) is 18.7. The van der Waals surface area contributed by atoms with Crippen molar-refractivity contribution in [3.05, 3.63) is 84.0 Å². The Labute approximate surface area is 295 Å². The van der Waals surface area contributed by atoms with Crippen molar-refractivity contribution in [3.8, 4) is 0 Å². The quantitative estimate of drug-likeness (QED) is 0.176. The van der Waals surface area contributed by atoms with Crippen molar-refractivity contribution in [2.75, 3.05) is 6.61 Å². The van der Waals surface area contributed by atoms with Gasteiger partial charge in [-0.05, 0) is 115 Å². The van der Waals surface area contributed by atoms with Crippen LogP contribution in [0.3, 0.4) is 0 Å². The summed E-state index contributed by atoms with van der Waals surface area (Å²) in [5, 5.41) is 2.64. The molecule has 2 nitrogen and oxygen atoms in total. The Hall–Kier alpha value is -2.23. The van der Waals surface area contributed by atoms with Crippen LogP contribution in [0.4, 0.5) is 0 Å². The normalized spacial score (nSPS) is 29.7. The number of carbonyl (C=O) groups excluding carboxylic acids is 1. The highest BCUT2D eigenvalue weighted by atomic mass is 28.4. The smallest absolute Gasteiger partial charge is 0.261 e. The maximum absolute atomic E-state index is 13.5. The molecular formula is C45H66O2Si. The summed E-state index contributed by atoms with van der Waals surface area (Å²) in [7, 11) is -2.52. The monoisotopic (exact) mass is 666 g/mol. The molecule has 2 aromatic carbocycles. The van der Waals surface area contributed by atoms with Gasteiger partial charge in [-0.15, -0.1) is 0 Å². The van der Waals surface area contributed by atoms with Crippen LogP contribution in [0.25, 0.3) is 0 Å². The van der Waals surface area contributed by atoms with Gasteiger partial charge in [0.25, 0.3) is 8.32 Å². The van der Waals surface area contributed by atoms with Gasteiger partial charge < -0.3 is 4.43 Å². The third-order valence-electron chi connectivity index (χ3n) is 13.7. The maximum atomic E-state index is 13.5. The molecule has 0 amide bonds. The molecule has 0 bridgehead atoms. The van der Waals surface area contributed by atoms with Gasteiger partial charge in [0.05, 0.1) is 6.61 Å². The Morgan fingerprint density at radius 1 is 0.792 bits per heavy atom. The van der Waals surface area contributed by atoms with E-state index >= 15 is 0 Å². The van der Waals surface area contributed by atoms with E-state index in [1.54, 1.807) is 0 Å². The summed E-state index contributed by atoms with van der Waals surface area (Å²) in [6, 6.07) is 21.8. The molecule has 0 radical (unpaired) electrons. The summed E-state index contributed by atoms with van der Waals surface area (Å²) in [6.07, 6.45) is 17.5. The summed E-state index contributed by atoms with van der Waals surface area (Å²) < 4.78 is 7.10. The van der Waals surface area contributed by atoms with Crippen LogP contribution in [-0.2, 0) is 9.22 Å². The van der Waals surface area contributed by atoms with Gasteiger partial charge in [-0.1, -0.05) is 139 Å². The minimum Gasteiger partial charge on any atom is -0.404 e. The molecule has 0 N–H and O–H groups in total. The van der Waals surface area contributed by atoms with Crippen molar-refractivity contribution in [2.45, 2.75) is 138 Å². The molecular weight excluding hydrogens is 601 g/mol. The van der Waals surface area contributed by atoms with E-state index in [1.165, 1.54) is 53.6 Å². The van der Waals surface area contributed by atoms with E-state index in [0.717, 1.165) is 44.4 Å². The van der Waals surface area contributed by atoms with E-state index in [-0.39, 0.29) is 16.4 Å². The zero-order valence-electron chi connectivity index (χ0n) is 32.0. The summed E-state index contributed by atoms with van der Waals surface area (Å²) in [6.45, 7) is 22.4. The Morgan fingerprint density at radius 3 is 2.00 bits per heavy atom. The van der Waals surface area contributed by atoms with E-state index in [0.29, 0.717) is 29.1 Å². The lowest BCUT2D eigenvalue weighted by Crippen LogP contribution is -2.66. The molecule has 262 valence electrons. The largest absolute Gasteiger partial charge is 0.404 e. The lowest BCUT2D eigenvalue weighted by Gasteiger charge is -2.65. The lowest BCUT2D eigenvalue weighted by molar-refractivity contribution is -0.172. The second-order valence-electron chi connectivity index (χ2n) is 18.2. The van der Waals surface area contributed by atoms with Crippen LogP contribution in [-0.4, -0.2) is 20.7 Å². The second-order valence-corrected chi connectivity index (χ2v) is 22.5. The highest BCUT2D eigenvalue weighted by molar-refractivity contribution is 6.99. The average Bonchev–Trinajstić information content (AvgIpc) is 3.02. The number of benzene rings is 2. The van der Waals surface area contributed by atoms with Crippen LogP contribution in [0.15, 0.2) is 84.0 Å². The van der Waals surface area contributed by atoms with Crippen molar-refractivity contribution >= 4 is 24.5 Å². The van der Waals surface area contributed by atoms with Crippen molar-refractivity contribution in [1.82, 2.24) is 0 Å². The molecule has 0 aromatic heterocycles.